The lowest BCUT2D eigenvalue weighted by molar-refractivity contribution is -0.183. The van der Waals surface area contributed by atoms with Crippen LogP contribution in [0.4, 0.5) is 5.69 Å². The third kappa shape index (κ3) is 2.85. The Morgan fingerprint density at radius 2 is 2.00 bits per heavy atom. The lowest BCUT2D eigenvalue weighted by atomic mass is 9.40. The standard InChI is InChI=1S/C30H36ClNO4/c1-27-10-9-22(34)11-18(27)7-8-23-26(27)24(35)14-29(3)28(23,2)13-19-15-32(17-30(19,29)25(36)16-33)21-6-4-5-20(31)12-21/h4-6,9-12,19,23-24,26,33,35H,7-8,13-17H2,1-3H3. The van der Waals surface area contributed by atoms with Gasteiger partial charge in [0.05, 0.1) is 11.5 Å². The van der Waals surface area contributed by atoms with E-state index >= 15 is 0 Å². The second kappa shape index (κ2) is 7.78. The first-order valence-corrected chi connectivity index (χ1v) is 13.6. The molecule has 1 aromatic carbocycles. The molecule has 4 fully saturated rings. The molecule has 3 saturated carbocycles. The highest BCUT2D eigenvalue weighted by atomic mass is 35.5. The quantitative estimate of drug-likeness (QED) is 0.622. The molecule has 1 heterocycles. The van der Waals surface area contributed by atoms with E-state index in [0.29, 0.717) is 18.0 Å². The molecular formula is C30H36ClNO4. The van der Waals surface area contributed by atoms with Crippen LogP contribution in [0.25, 0.3) is 0 Å². The number of rotatable bonds is 3. The average Bonchev–Trinajstić information content (AvgIpc) is 3.30. The molecule has 0 radical (unpaired) electrons. The molecule has 6 rings (SSSR count). The molecule has 1 aromatic rings. The van der Waals surface area contributed by atoms with Crippen LogP contribution in [0.5, 0.6) is 0 Å². The molecule has 8 unspecified atom stereocenters. The van der Waals surface area contributed by atoms with E-state index < -0.39 is 23.5 Å². The number of anilines is 1. The van der Waals surface area contributed by atoms with Gasteiger partial charge in [-0.3, -0.25) is 9.59 Å². The van der Waals surface area contributed by atoms with Crippen molar-refractivity contribution in [1.29, 1.82) is 0 Å². The Bertz CT molecular complexity index is 1210. The number of benzene rings is 1. The highest BCUT2D eigenvalue weighted by Gasteiger charge is 2.77. The molecule has 8 atom stereocenters. The number of carbonyl (C=O) groups is 2. The zero-order valence-electron chi connectivity index (χ0n) is 21.3. The van der Waals surface area contributed by atoms with Crippen molar-refractivity contribution in [3.05, 3.63) is 53.1 Å². The zero-order chi connectivity index (χ0) is 25.7. The number of ketones is 2. The maximum absolute atomic E-state index is 13.8. The summed E-state index contributed by atoms with van der Waals surface area (Å²) in [7, 11) is 0. The van der Waals surface area contributed by atoms with Gasteiger partial charge in [-0.2, -0.15) is 0 Å². The number of carbonyl (C=O) groups excluding carboxylic acids is 2. The Morgan fingerprint density at radius 3 is 2.72 bits per heavy atom. The maximum Gasteiger partial charge on any atom is 0.178 e. The summed E-state index contributed by atoms with van der Waals surface area (Å²) in [6.07, 6.45) is 8.03. The van der Waals surface area contributed by atoms with Gasteiger partial charge in [-0.15, -0.1) is 0 Å². The smallest absolute Gasteiger partial charge is 0.178 e. The highest BCUT2D eigenvalue weighted by Crippen LogP contribution is 2.77. The SMILES string of the molecule is CC12C=CC(=O)C=C1CCC1C2C(O)CC2(C)C1(C)CC1CN(c3cccc(Cl)c3)CC12C(=O)CO. The summed E-state index contributed by atoms with van der Waals surface area (Å²) >= 11 is 6.30. The Hall–Kier alpha value is -1.95. The predicted molar refractivity (Wildman–Crippen MR) is 140 cm³/mol. The van der Waals surface area contributed by atoms with Crippen molar-refractivity contribution < 1.29 is 19.8 Å². The first-order chi connectivity index (χ1) is 17.0. The molecule has 4 aliphatic carbocycles. The van der Waals surface area contributed by atoms with E-state index in [4.69, 9.17) is 11.6 Å². The van der Waals surface area contributed by atoms with Crippen LogP contribution in [-0.4, -0.2) is 47.6 Å². The number of halogens is 1. The minimum atomic E-state index is -0.736. The molecule has 5 aliphatic rings. The summed E-state index contributed by atoms with van der Waals surface area (Å²) in [5.74, 6) is 0.250. The molecule has 0 spiro atoms. The number of hydrogen-bond donors (Lipinski definition) is 2. The fourth-order valence-corrected chi connectivity index (χ4v) is 10.1. The average molecular weight is 510 g/mol. The lowest BCUT2D eigenvalue weighted by Crippen LogP contribution is -2.64. The predicted octanol–water partition coefficient (Wildman–Crippen LogP) is 4.60. The van der Waals surface area contributed by atoms with Crippen molar-refractivity contribution in [3.63, 3.8) is 0 Å². The number of aliphatic hydroxyl groups excluding tert-OH is 2. The van der Waals surface area contributed by atoms with Crippen molar-refractivity contribution in [2.45, 2.75) is 52.6 Å². The van der Waals surface area contributed by atoms with Gasteiger partial charge >= 0.3 is 0 Å². The molecule has 6 heteroatoms. The third-order valence-electron chi connectivity index (χ3n) is 11.6. The Labute approximate surface area is 218 Å². The van der Waals surface area contributed by atoms with Crippen molar-refractivity contribution in [2.75, 3.05) is 24.6 Å². The summed E-state index contributed by atoms with van der Waals surface area (Å²) in [6.45, 7) is 7.53. The van der Waals surface area contributed by atoms with Gasteiger partial charge in [-0.1, -0.05) is 50.1 Å². The van der Waals surface area contributed by atoms with Crippen LogP contribution in [0.3, 0.4) is 0 Å². The number of fused-ring (bicyclic) bond motifs is 7. The summed E-state index contributed by atoms with van der Waals surface area (Å²) in [5.41, 5.74) is 0.410. The summed E-state index contributed by atoms with van der Waals surface area (Å²) in [4.78, 5) is 28.2. The van der Waals surface area contributed by atoms with Crippen LogP contribution < -0.4 is 4.90 Å². The largest absolute Gasteiger partial charge is 0.393 e. The Morgan fingerprint density at radius 1 is 1.22 bits per heavy atom. The molecule has 0 aromatic heterocycles. The van der Waals surface area contributed by atoms with Crippen LogP contribution in [-0.2, 0) is 9.59 Å². The van der Waals surface area contributed by atoms with Gasteiger partial charge in [0.1, 0.15) is 6.61 Å². The first kappa shape index (κ1) is 24.4. The van der Waals surface area contributed by atoms with E-state index in [0.717, 1.165) is 37.1 Å². The fraction of sp³-hybridized carbons (Fsp3) is 0.600. The minimum absolute atomic E-state index is 0.00376. The lowest BCUT2D eigenvalue weighted by Gasteiger charge is -2.65. The molecule has 1 aliphatic heterocycles. The van der Waals surface area contributed by atoms with Crippen LogP contribution in [0.2, 0.25) is 5.02 Å². The number of aliphatic hydroxyl groups is 2. The van der Waals surface area contributed by atoms with Gasteiger partial charge in [0, 0.05) is 35.1 Å². The number of hydrogen-bond acceptors (Lipinski definition) is 5. The molecular weight excluding hydrogens is 474 g/mol. The van der Waals surface area contributed by atoms with Crippen molar-refractivity contribution in [3.8, 4) is 0 Å². The van der Waals surface area contributed by atoms with Gasteiger partial charge in [-0.05, 0) is 78.7 Å². The highest BCUT2D eigenvalue weighted by molar-refractivity contribution is 6.30. The van der Waals surface area contributed by atoms with Crippen LogP contribution in [0.15, 0.2) is 48.1 Å². The molecule has 5 nitrogen and oxygen atoms in total. The maximum atomic E-state index is 13.8. The Balaban J connectivity index is 1.44. The third-order valence-corrected chi connectivity index (χ3v) is 11.8. The van der Waals surface area contributed by atoms with E-state index in [-0.39, 0.29) is 40.2 Å². The summed E-state index contributed by atoms with van der Waals surface area (Å²) < 4.78 is 0. The van der Waals surface area contributed by atoms with Crippen LogP contribution >= 0.6 is 11.6 Å². The number of Topliss-reactive ketones (excluding diaryl/α,β-unsaturated/α-hetero) is 1. The summed E-state index contributed by atoms with van der Waals surface area (Å²) in [5, 5.41) is 22.8. The van der Waals surface area contributed by atoms with Crippen molar-refractivity contribution in [2.24, 2.45) is 39.4 Å². The summed E-state index contributed by atoms with van der Waals surface area (Å²) in [6, 6.07) is 7.76. The van der Waals surface area contributed by atoms with Gasteiger partial charge in [0.2, 0.25) is 0 Å². The molecule has 0 amide bonds. The van der Waals surface area contributed by atoms with E-state index in [1.54, 1.807) is 12.2 Å². The first-order valence-electron chi connectivity index (χ1n) is 13.3. The van der Waals surface area contributed by atoms with E-state index in [1.807, 2.05) is 30.3 Å². The molecule has 192 valence electrons. The fourth-order valence-electron chi connectivity index (χ4n) is 9.88. The molecule has 2 N–H and O–H groups in total. The normalized spacial score (nSPS) is 45.0. The van der Waals surface area contributed by atoms with Gasteiger partial charge in [0.25, 0.3) is 0 Å². The van der Waals surface area contributed by atoms with E-state index in [2.05, 4.69) is 25.7 Å². The second-order valence-electron chi connectivity index (χ2n) is 12.7. The Kier molecular flexibility index (Phi) is 5.27. The van der Waals surface area contributed by atoms with E-state index in [9.17, 15) is 19.8 Å². The van der Waals surface area contributed by atoms with Crippen molar-refractivity contribution >= 4 is 28.9 Å². The number of allylic oxidation sites excluding steroid dienone is 4. The van der Waals surface area contributed by atoms with Gasteiger partial charge in [0.15, 0.2) is 11.6 Å². The van der Waals surface area contributed by atoms with Crippen LogP contribution in [0, 0.1) is 39.4 Å². The van der Waals surface area contributed by atoms with Crippen LogP contribution in [0.1, 0.15) is 46.5 Å². The molecule has 1 saturated heterocycles. The van der Waals surface area contributed by atoms with Crippen molar-refractivity contribution in [1.82, 2.24) is 0 Å². The molecule has 0 bridgehead atoms. The minimum Gasteiger partial charge on any atom is -0.393 e. The zero-order valence-corrected chi connectivity index (χ0v) is 22.1. The van der Waals surface area contributed by atoms with Gasteiger partial charge in [-0.25, -0.2) is 0 Å². The second-order valence-corrected chi connectivity index (χ2v) is 13.1. The topological polar surface area (TPSA) is 77.8 Å². The molecule has 36 heavy (non-hydrogen) atoms. The van der Waals surface area contributed by atoms with E-state index in [1.165, 1.54) is 0 Å². The monoisotopic (exact) mass is 509 g/mol. The number of nitrogens with zero attached hydrogens (tertiary/aromatic N) is 1. The van der Waals surface area contributed by atoms with Gasteiger partial charge < -0.3 is 15.1 Å².